The van der Waals surface area contributed by atoms with Crippen LogP contribution in [0.25, 0.3) is 0 Å². The van der Waals surface area contributed by atoms with Crippen molar-refractivity contribution in [2.24, 2.45) is 0 Å². The second-order valence-electron chi connectivity index (χ2n) is 5.78. The summed E-state index contributed by atoms with van der Waals surface area (Å²) in [5, 5.41) is 5.90. The molecule has 0 aliphatic heterocycles. The molecule has 0 aromatic heterocycles. The average Bonchev–Trinajstić information content (AvgIpc) is 2.62. The zero-order valence-electron chi connectivity index (χ0n) is 14.7. The number of hydrogen-bond donors (Lipinski definition) is 2. The molecule has 0 unspecified atom stereocenters. The maximum absolute atomic E-state index is 12.0. The zero-order chi connectivity index (χ0) is 18.1. The van der Waals surface area contributed by atoms with Gasteiger partial charge in [0.2, 0.25) is 5.91 Å². The van der Waals surface area contributed by atoms with Crippen LogP contribution in [0.4, 0.5) is 11.4 Å². The van der Waals surface area contributed by atoms with Gasteiger partial charge in [0.25, 0.3) is 0 Å². The maximum Gasteiger partial charge on any atom is 0.338 e. The largest absolute Gasteiger partial charge is 0.462 e. The lowest BCUT2D eigenvalue weighted by Gasteiger charge is -2.10. The first-order valence-corrected chi connectivity index (χ1v) is 8.46. The van der Waals surface area contributed by atoms with Gasteiger partial charge in [-0.05, 0) is 49.2 Å². The lowest BCUT2D eigenvalue weighted by Crippen LogP contribution is -2.22. The molecule has 1 amide bonds. The Morgan fingerprint density at radius 3 is 2.44 bits per heavy atom. The fraction of sp³-hybridized carbons (Fsp3) is 0.300. The Bertz CT molecular complexity index is 711. The molecule has 132 valence electrons. The standard InChI is InChI=1S/C20H24N2O3/c1-3-4-13-25-20(24)16-9-11-17(12-10-16)21-14-19(23)22-18-8-6-5-7-15(18)2/h5-12,21H,3-4,13-14H2,1-2H3,(H,22,23). The van der Waals surface area contributed by atoms with Crippen molar-refractivity contribution in [2.45, 2.75) is 26.7 Å². The SMILES string of the molecule is CCCCOC(=O)c1ccc(NCC(=O)Nc2ccccc2C)cc1. The third kappa shape index (κ3) is 5.95. The number of esters is 1. The second kappa shape index (κ2) is 9.47. The molecule has 0 spiro atoms. The van der Waals surface area contributed by atoms with Crippen LogP contribution in [-0.4, -0.2) is 25.0 Å². The van der Waals surface area contributed by atoms with Crippen LogP contribution in [0, 0.1) is 6.92 Å². The highest BCUT2D eigenvalue weighted by Crippen LogP contribution is 2.14. The molecule has 0 atom stereocenters. The smallest absolute Gasteiger partial charge is 0.338 e. The van der Waals surface area contributed by atoms with Gasteiger partial charge in [-0.1, -0.05) is 31.5 Å². The van der Waals surface area contributed by atoms with Crippen LogP contribution in [0.3, 0.4) is 0 Å². The number of rotatable bonds is 8. The van der Waals surface area contributed by atoms with E-state index in [1.54, 1.807) is 24.3 Å². The quantitative estimate of drug-likeness (QED) is 0.563. The van der Waals surface area contributed by atoms with Crippen molar-refractivity contribution in [2.75, 3.05) is 23.8 Å². The number of carbonyl (C=O) groups is 2. The molecule has 0 bridgehead atoms. The topological polar surface area (TPSA) is 67.4 Å². The lowest BCUT2D eigenvalue weighted by atomic mass is 10.2. The number of unbranched alkanes of at least 4 members (excludes halogenated alkanes) is 1. The predicted octanol–water partition coefficient (Wildman–Crippen LogP) is 4.00. The average molecular weight is 340 g/mol. The molecule has 2 rings (SSSR count). The molecule has 5 heteroatoms. The summed E-state index contributed by atoms with van der Waals surface area (Å²) in [6.07, 6.45) is 1.85. The second-order valence-corrected chi connectivity index (χ2v) is 5.78. The van der Waals surface area contributed by atoms with E-state index < -0.39 is 0 Å². The number of anilines is 2. The minimum absolute atomic E-state index is 0.127. The number of aryl methyl sites for hydroxylation is 1. The minimum atomic E-state index is -0.322. The number of para-hydroxylation sites is 1. The number of hydrogen-bond acceptors (Lipinski definition) is 4. The Kier molecular flexibility index (Phi) is 7.01. The highest BCUT2D eigenvalue weighted by molar-refractivity contribution is 5.94. The highest BCUT2D eigenvalue weighted by atomic mass is 16.5. The summed E-state index contributed by atoms with van der Waals surface area (Å²) in [6.45, 7) is 4.58. The van der Waals surface area contributed by atoms with E-state index in [0.29, 0.717) is 12.2 Å². The first-order valence-electron chi connectivity index (χ1n) is 8.46. The van der Waals surface area contributed by atoms with E-state index in [-0.39, 0.29) is 18.4 Å². The summed E-state index contributed by atoms with van der Waals surface area (Å²) in [5.41, 5.74) is 3.09. The van der Waals surface area contributed by atoms with Crippen LogP contribution in [0.1, 0.15) is 35.7 Å². The summed E-state index contributed by atoms with van der Waals surface area (Å²) in [5.74, 6) is -0.449. The molecule has 5 nitrogen and oxygen atoms in total. The minimum Gasteiger partial charge on any atom is -0.462 e. The molecule has 25 heavy (non-hydrogen) atoms. The summed E-state index contributed by atoms with van der Waals surface area (Å²) in [4.78, 5) is 23.8. The Morgan fingerprint density at radius 2 is 1.76 bits per heavy atom. The molecule has 0 saturated heterocycles. The van der Waals surface area contributed by atoms with Crippen LogP contribution in [0.2, 0.25) is 0 Å². The van der Waals surface area contributed by atoms with Gasteiger partial charge in [-0.2, -0.15) is 0 Å². The van der Waals surface area contributed by atoms with E-state index in [0.717, 1.165) is 29.8 Å². The van der Waals surface area contributed by atoms with Crippen molar-refractivity contribution in [3.8, 4) is 0 Å². The Labute approximate surface area is 148 Å². The first-order chi connectivity index (χ1) is 12.1. The van der Waals surface area contributed by atoms with E-state index in [2.05, 4.69) is 10.6 Å². The van der Waals surface area contributed by atoms with Crippen molar-refractivity contribution in [1.82, 2.24) is 0 Å². The molecule has 0 fully saturated rings. The molecular weight excluding hydrogens is 316 g/mol. The van der Waals surface area contributed by atoms with Gasteiger partial charge in [-0.15, -0.1) is 0 Å². The number of nitrogens with one attached hydrogen (secondary N) is 2. The number of amides is 1. The Morgan fingerprint density at radius 1 is 1.04 bits per heavy atom. The van der Waals surface area contributed by atoms with Crippen LogP contribution < -0.4 is 10.6 Å². The molecule has 0 aliphatic carbocycles. The fourth-order valence-corrected chi connectivity index (χ4v) is 2.21. The van der Waals surface area contributed by atoms with Crippen molar-refractivity contribution >= 4 is 23.3 Å². The normalized spacial score (nSPS) is 10.2. The van der Waals surface area contributed by atoms with Crippen LogP contribution >= 0.6 is 0 Å². The van der Waals surface area contributed by atoms with Gasteiger partial charge in [-0.3, -0.25) is 4.79 Å². The van der Waals surface area contributed by atoms with Crippen molar-refractivity contribution in [3.63, 3.8) is 0 Å². The van der Waals surface area contributed by atoms with E-state index in [1.165, 1.54) is 0 Å². The van der Waals surface area contributed by atoms with Crippen molar-refractivity contribution in [1.29, 1.82) is 0 Å². The summed E-state index contributed by atoms with van der Waals surface area (Å²) >= 11 is 0. The molecule has 0 aliphatic rings. The van der Waals surface area contributed by atoms with Gasteiger partial charge < -0.3 is 15.4 Å². The maximum atomic E-state index is 12.0. The van der Waals surface area contributed by atoms with Crippen LogP contribution in [-0.2, 0) is 9.53 Å². The fourth-order valence-electron chi connectivity index (χ4n) is 2.21. The molecule has 0 heterocycles. The summed E-state index contributed by atoms with van der Waals surface area (Å²) in [6, 6.07) is 14.5. The van der Waals surface area contributed by atoms with Crippen molar-refractivity contribution < 1.29 is 14.3 Å². The number of benzene rings is 2. The monoisotopic (exact) mass is 340 g/mol. The van der Waals surface area contributed by atoms with E-state index in [1.807, 2.05) is 38.1 Å². The van der Waals surface area contributed by atoms with E-state index >= 15 is 0 Å². The zero-order valence-corrected chi connectivity index (χ0v) is 14.7. The predicted molar refractivity (Wildman–Crippen MR) is 99.9 cm³/mol. The molecule has 0 saturated carbocycles. The number of ether oxygens (including phenoxy) is 1. The van der Waals surface area contributed by atoms with E-state index in [4.69, 9.17) is 4.74 Å². The van der Waals surface area contributed by atoms with Gasteiger partial charge >= 0.3 is 5.97 Å². The molecular formula is C20H24N2O3. The Hall–Kier alpha value is -2.82. The molecule has 0 radical (unpaired) electrons. The number of carbonyl (C=O) groups excluding carboxylic acids is 2. The molecule has 2 aromatic carbocycles. The summed E-state index contributed by atoms with van der Waals surface area (Å²) in [7, 11) is 0. The van der Waals surface area contributed by atoms with Crippen molar-refractivity contribution in [3.05, 3.63) is 59.7 Å². The lowest BCUT2D eigenvalue weighted by molar-refractivity contribution is -0.114. The third-order valence-electron chi connectivity index (χ3n) is 3.72. The van der Waals surface area contributed by atoms with Crippen LogP contribution in [0.15, 0.2) is 48.5 Å². The van der Waals surface area contributed by atoms with Gasteiger partial charge in [0.05, 0.1) is 18.7 Å². The van der Waals surface area contributed by atoms with Gasteiger partial charge in [-0.25, -0.2) is 4.79 Å². The Balaban J connectivity index is 1.82. The molecule has 2 aromatic rings. The molecule has 2 N–H and O–H groups in total. The van der Waals surface area contributed by atoms with Gasteiger partial charge in [0.1, 0.15) is 0 Å². The van der Waals surface area contributed by atoms with Gasteiger partial charge in [0, 0.05) is 11.4 Å². The highest BCUT2D eigenvalue weighted by Gasteiger charge is 2.07. The van der Waals surface area contributed by atoms with E-state index in [9.17, 15) is 9.59 Å². The van der Waals surface area contributed by atoms with Gasteiger partial charge in [0.15, 0.2) is 0 Å². The third-order valence-corrected chi connectivity index (χ3v) is 3.72. The first kappa shape index (κ1) is 18.5. The van der Waals surface area contributed by atoms with Crippen LogP contribution in [0.5, 0.6) is 0 Å². The summed E-state index contributed by atoms with van der Waals surface area (Å²) < 4.78 is 5.16.